The number of carbonyl (C=O) groups is 3. The first-order chi connectivity index (χ1) is 13.3. The number of nitrogens with one attached hydrogen (secondary N) is 1. The van der Waals surface area contributed by atoms with Gasteiger partial charge in [0.05, 0.1) is 11.5 Å². The molecule has 0 aliphatic heterocycles. The summed E-state index contributed by atoms with van der Waals surface area (Å²) in [7, 11) is 1.66. The van der Waals surface area contributed by atoms with Gasteiger partial charge in [0.15, 0.2) is 12.4 Å². The predicted molar refractivity (Wildman–Crippen MR) is 106 cm³/mol. The Kier molecular flexibility index (Phi) is 8.06. The van der Waals surface area contributed by atoms with Crippen molar-refractivity contribution >= 4 is 35.4 Å². The minimum atomic E-state index is -0.548. The van der Waals surface area contributed by atoms with Gasteiger partial charge in [-0.05, 0) is 25.0 Å². The molecule has 150 valence electrons. The smallest absolute Gasteiger partial charge is 0.316 e. The van der Waals surface area contributed by atoms with Crippen LogP contribution in [0.5, 0.6) is 0 Å². The first kappa shape index (κ1) is 21.5. The van der Waals surface area contributed by atoms with Crippen LogP contribution in [0.2, 0.25) is 0 Å². The van der Waals surface area contributed by atoms with Crippen molar-refractivity contribution in [2.24, 2.45) is 0 Å². The largest absolute Gasteiger partial charge is 0.455 e. The molecule has 2 rings (SSSR count). The van der Waals surface area contributed by atoms with E-state index < -0.39 is 5.97 Å². The van der Waals surface area contributed by atoms with Gasteiger partial charge in [-0.2, -0.15) is 0 Å². The van der Waals surface area contributed by atoms with E-state index in [1.807, 2.05) is 31.2 Å². The molecule has 0 unspecified atom stereocenters. The average Bonchev–Trinajstić information content (AvgIpc) is 3.06. The summed E-state index contributed by atoms with van der Waals surface area (Å²) in [6, 6.07) is 9.37. The summed E-state index contributed by atoms with van der Waals surface area (Å²) in [6.07, 6.45) is 0. The zero-order valence-corrected chi connectivity index (χ0v) is 16.9. The van der Waals surface area contributed by atoms with Crippen molar-refractivity contribution in [1.29, 1.82) is 0 Å². The maximum Gasteiger partial charge on any atom is 0.316 e. The van der Waals surface area contributed by atoms with Crippen LogP contribution in [0.1, 0.15) is 16.9 Å². The highest BCUT2D eigenvalue weighted by molar-refractivity contribution is 8.00. The summed E-state index contributed by atoms with van der Waals surface area (Å²) < 4.78 is 9.83. The Bertz CT molecular complexity index is 836. The molecule has 0 aliphatic rings. The Morgan fingerprint density at radius 1 is 1.21 bits per heavy atom. The summed E-state index contributed by atoms with van der Waals surface area (Å²) in [5.41, 5.74) is 2.13. The van der Waals surface area contributed by atoms with Crippen molar-refractivity contribution in [3.05, 3.63) is 47.2 Å². The average molecular weight is 405 g/mol. The summed E-state index contributed by atoms with van der Waals surface area (Å²) >= 11 is 1.09. The molecule has 2 amide bonds. The lowest BCUT2D eigenvalue weighted by Gasteiger charge is -2.18. The van der Waals surface area contributed by atoms with Gasteiger partial charge in [0.1, 0.15) is 5.76 Å². The number of likely N-dealkylation sites (N-methyl/N-ethyl adjacent to an activating group) is 1. The fourth-order valence-corrected chi connectivity index (χ4v) is 2.87. The van der Waals surface area contributed by atoms with E-state index in [1.165, 1.54) is 4.90 Å². The maximum atomic E-state index is 12.1. The highest BCUT2D eigenvalue weighted by Gasteiger charge is 2.14. The molecule has 0 spiro atoms. The second-order valence-corrected chi connectivity index (χ2v) is 7.19. The number of thioether (sulfide) groups is 1. The van der Waals surface area contributed by atoms with E-state index in [-0.39, 0.29) is 29.9 Å². The second kappa shape index (κ2) is 10.5. The van der Waals surface area contributed by atoms with E-state index in [1.54, 1.807) is 20.0 Å². The molecule has 0 bridgehead atoms. The molecule has 1 heterocycles. The summed E-state index contributed by atoms with van der Waals surface area (Å²) in [6.45, 7) is 3.81. The van der Waals surface area contributed by atoms with E-state index in [0.29, 0.717) is 18.1 Å². The molecule has 0 fully saturated rings. The zero-order valence-electron chi connectivity index (χ0n) is 16.1. The molecule has 9 heteroatoms. The molecule has 0 saturated carbocycles. The molecule has 2 aromatic rings. The normalized spacial score (nSPS) is 10.4. The van der Waals surface area contributed by atoms with Gasteiger partial charge in [0.25, 0.3) is 5.91 Å². The van der Waals surface area contributed by atoms with Crippen LogP contribution in [0, 0.1) is 13.8 Å². The molecule has 0 aliphatic carbocycles. The zero-order chi connectivity index (χ0) is 20.5. The maximum absolute atomic E-state index is 12.1. The van der Waals surface area contributed by atoms with E-state index >= 15 is 0 Å². The third-order valence-electron chi connectivity index (χ3n) is 3.80. The third kappa shape index (κ3) is 7.07. The SMILES string of the molecule is Cc1cc(NC(=O)CSCC(=O)OCC(=O)N(C)Cc2ccccc2C)no1. The van der Waals surface area contributed by atoms with Crippen molar-refractivity contribution in [3.8, 4) is 0 Å². The van der Waals surface area contributed by atoms with Crippen LogP contribution in [0.3, 0.4) is 0 Å². The highest BCUT2D eigenvalue weighted by Crippen LogP contribution is 2.10. The molecule has 28 heavy (non-hydrogen) atoms. The van der Waals surface area contributed by atoms with Crippen LogP contribution < -0.4 is 5.32 Å². The molecule has 1 aromatic heterocycles. The standard InChI is InChI=1S/C19H23N3O5S/c1-13-6-4-5-7-15(13)9-22(3)18(24)10-26-19(25)12-28-11-17(23)20-16-8-14(2)27-21-16/h4-8H,9-12H2,1-3H3,(H,20,21,23). The van der Waals surface area contributed by atoms with Crippen LogP contribution in [0.4, 0.5) is 5.82 Å². The van der Waals surface area contributed by atoms with Crippen LogP contribution in [0.15, 0.2) is 34.9 Å². The topological polar surface area (TPSA) is 102 Å². The third-order valence-corrected chi connectivity index (χ3v) is 4.71. The van der Waals surface area contributed by atoms with Crippen molar-refractivity contribution < 1.29 is 23.6 Å². The number of hydrogen-bond acceptors (Lipinski definition) is 7. The predicted octanol–water partition coefficient (Wildman–Crippen LogP) is 2.16. The lowest BCUT2D eigenvalue weighted by Crippen LogP contribution is -2.31. The number of esters is 1. The summed E-state index contributed by atoms with van der Waals surface area (Å²) in [4.78, 5) is 37.1. The van der Waals surface area contributed by atoms with Gasteiger partial charge in [-0.15, -0.1) is 11.8 Å². The Labute approximate surface area is 167 Å². The van der Waals surface area contributed by atoms with Crippen LogP contribution in [-0.2, 0) is 25.7 Å². The van der Waals surface area contributed by atoms with E-state index in [9.17, 15) is 14.4 Å². The Morgan fingerprint density at radius 2 is 1.96 bits per heavy atom. The van der Waals surface area contributed by atoms with Crippen molar-refractivity contribution in [3.63, 3.8) is 0 Å². The number of anilines is 1. The fourth-order valence-electron chi connectivity index (χ4n) is 2.26. The summed E-state index contributed by atoms with van der Waals surface area (Å²) in [5, 5.41) is 6.20. The Hall–Kier alpha value is -2.81. The molecule has 0 saturated heterocycles. The molecular weight excluding hydrogens is 382 g/mol. The molecule has 1 aromatic carbocycles. The van der Waals surface area contributed by atoms with Gasteiger partial charge in [-0.1, -0.05) is 29.4 Å². The Morgan fingerprint density at radius 3 is 2.64 bits per heavy atom. The number of nitrogens with zero attached hydrogens (tertiary/aromatic N) is 2. The van der Waals surface area contributed by atoms with Crippen molar-refractivity contribution in [1.82, 2.24) is 10.1 Å². The molecule has 1 N–H and O–H groups in total. The van der Waals surface area contributed by atoms with E-state index in [4.69, 9.17) is 9.26 Å². The van der Waals surface area contributed by atoms with Gasteiger partial charge >= 0.3 is 5.97 Å². The summed E-state index contributed by atoms with van der Waals surface area (Å²) in [5.74, 6) is -0.201. The van der Waals surface area contributed by atoms with Crippen molar-refractivity contribution in [2.45, 2.75) is 20.4 Å². The number of aryl methyl sites for hydroxylation is 2. The molecule has 0 radical (unpaired) electrons. The number of ether oxygens (including phenoxy) is 1. The van der Waals surface area contributed by atoms with Crippen LogP contribution >= 0.6 is 11.8 Å². The number of rotatable bonds is 9. The number of benzene rings is 1. The van der Waals surface area contributed by atoms with Crippen molar-refractivity contribution in [2.75, 3.05) is 30.5 Å². The highest BCUT2D eigenvalue weighted by atomic mass is 32.2. The number of aromatic nitrogens is 1. The van der Waals surface area contributed by atoms with Gasteiger partial charge in [0.2, 0.25) is 5.91 Å². The van der Waals surface area contributed by atoms with Crippen LogP contribution in [-0.4, -0.2) is 53.0 Å². The van der Waals surface area contributed by atoms with E-state index in [0.717, 1.165) is 22.9 Å². The van der Waals surface area contributed by atoms with E-state index in [2.05, 4.69) is 10.5 Å². The molecule has 8 nitrogen and oxygen atoms in total. The van der Waals surface area contributed by atoms with Gasteiger partial charge in [-0.3, -0.25) is 14.4 Å². The monoisotopic (exact) mass is 405 g/mol. The van der Waals surface area contributed by atoms with Gasteiger partial charge < -0.3 is 19.5 Å². The molecular formula is C19H23N3O5S. The number of amides is 2. The molecule has 0 atom stereocenters. The first-order valence-electron chi connectivity index (χ1n) is 8.60. The number of carbonyl (C=O) groups excluding carboxylic acids is 3. The lowest BCUT2D eigenvalue weighted by molar-refractivity contribution is -0.149. The minimum absolute atomic E-state index is 0.0277. The fraction of sp³-hybridized carbons (Fsp3) is 0.368. The quantitative estimate of drug-likeness (QED) is 0.638. The minimum Gasteiger partial charge on any atom is -0.455 e. The second-order valence-electron chi connectivity index (χ2n) is 6.20. The van der Waals surface area contributed by atoms with Crippen LogP contribution in [0.25, 0.3) is 0 Å². The number of hydrogen-bond donors (Lipinski definition) is 1. The lowest BCUT2D eigenvalue weighted by atomic mass is 10.1. The first-order valence-corrected chi connectivity index (χ1v) is 9.75. The van der Waals surface area contributed by atoms with Gasteiger partial charge in [-0.25, -0.2) is 0 Å². The Balaban J connectivity index is 1.64. The van der Waals surface area contributed by atoms with Gasteiger partial charge in [0, 0.05) is 19.7 Å².